The van der Waals surface area contributed by atoms with Gasteiger partial charge in [0.05, 0.1) is 0 Å². The van der Waals surface area contributed by atoms with Crippen molar-refractivity contribution in [3.63, 3.8) is 0 Å². The van der Waals surface area contributed by atoms with Gasteiger partial charge in [0.15, 0.2) is 0 Å². The summed E-state index contributed by atoms with van der Waals surface area (Å²) >= 11 is -2.49. The molecule has 0 spiro atoms. The van der Waals surface area contributed by atoms with E-state index < -0.39 is 49.4 Å². The van der Waals surface area contributed by atoms with Gasteiger partial charge in [-0.05, 0) is 18.1 Å². The molecule has 0 rings (SSSR count). The van der Waals surface area contributed by atoms with E-state index in [2.05, 4.69) is 160 Å². The molecule has 0 aliphatic rings. The summed E-state index contributed by atoms with van der Waals surface area (Å²) in [7, 11) is -6.31. The van der Waals surface area contributed by atoms with Gasteiger partial charge in [0.2, 0.25) is 0 Å². The average molecular weight is 892 g/mol. The van der Waals surface area contributed by atoms with Crippen LogP contribution in [0.15, 0.2) is 10.2 Å². The molecular weight excluding hydrogens is 795 g/mol. The first-order valence-corrected chi connectivity index (χ1v) is 38.2. The van der Waals surface area contributed by atoms with Crippen LogP contribution in [0.1, 0.15) is 149 Å². The average Bonchev–Trinajstić information content (AvgIpc) is 3.01. The third kappa shape index (κ3) is 16.1. The van der Waals surface area contributed by atoms with Gasteiger partial charge >= 0.3 is 299 Å². The monoisotopic (exact) mass is 893 g/mol. The predicted octanol–water partition coefficient (Wildman–Crippen LogP) is 14.6. The summed E-state index contributed by atoms with van der Waals surface area (Å²) < 4.78 is 29.0. The second-order valence-corrected chi connectivity index (χ2v) is 49.2. The zero-order valence-corrected chi connectivity index (χ0v) is 45.3. The first-order chi connectivity index (χ1) is 23.4. The Bertz CT molecular complexity index is 1000. The molecule has 0 amide bonds. The zero-order chi connectivity index (χ0) is 41.1. The Labute approximate surface area is 335 Å². The Morgan fingerprint density at radius 2 is 0.942 bits per heavy atom. The molecule has 0 aromatic heterocycles. The molecule has 0 aromatic rings. The second-order valence-electron chi connectivity index (χ2n) is 21.8. The van der Waals surface area contributed by atoms with E-state index >= 15 is 0 Å². The first-order valence-electron chi connectivity index (χ1n) is 21.7. The summed E-state index contributed by atoms with van der Waals surface area (Å²) in [4.78, 5) is 0. The van der Waals surface area contributed by atoms with Crippen LogP contribution in [-0.4, -0.2) is 73.4 Å². The summed E-state index contributed by atoms with van der Waals surface area (Å²) in [5.41, 5.74) is 0. The van der Waals surface area contributed by atoms with Crippen molar-refractivity contribution in [1.82, 2.24) is 0 Å². The van der Waals surface area contributed by atoms with Crippen LogP contribution in [0, 0.1) is 23.7 Å². The van der Waals surface area contributed by atoms with Crippen LogP contribution in [0.4, 0.5) is 0 Å². The fourth-order valence-electron chi connectivity index (χ4n) is 6.66. The van der Waals surface area contributed by atoms with Crippen LogP contribution in [0.5, 0.6) is 0 Å². The van der Waals surface area contributed by atoms with Gasteiger partial charge in [-0.25, -0.2) is 0 Å². The number of aliphatic hydroxyl groups excluding tert-OH is 1. The van der Waals surface area contributed by atoms with E-state index in [1.54, 1.807) is 0 Å². The van der Waals surface area contributed by atoms with Gasteiger partial charge in [-0.3, -0.25) is 0 Å². The number of hydrogen-bond acceptors (Lipinski definition) is 4. The first kappa shape index (κ1) is 53.0. The van der Waals surface area contributed by atoms with Gasteiger partial charge in [-0.2, -0.15) is 0 Å². The standard InChI is InChI=1S/C32H69O4Si3.3C4H9.Sn/c1-21-23(2)27(33)25(4)29(36-39(19,20)32(12,13)14)26(5)28(35-38(17,18)31(9,10)11)24(3)22-34-37(15,16)30(6,7)8;3*1-3-4-2;/h1,21,23-29,33H,22H2,2-20H3;3*1,3-4H2,2H3;/t23-,24+,25+,26-,27-,28+,29+;;;;/m0..../s1. The minimum absolute atomic E-state index is 0.0399. The third-order valence-electron chi connectivity index (χ3n) is 14.0. The predicted molar refractivity (Wildman–Crippen MR) is 244 cm³/mol. The van der Waals surface area contributed by atoms with Crippen LogP contribution in [0.25, 0.3) is 0 Å². The normalized spacial score (nSPS) is 18.7. The molecule has 0 unspecified atom stereocenters. The van der Waals surface area contributed by atoms with Crippen LogP contribution in [0.2, 0.25) is 67.7 Å². The topological polar surface area (TPSA) is 47.9 Å². The Hall–Kier alpha value is 1.03. The van der Waals surface area contributed by atoms with Crippen LogP contribution in [0.3, 0.4) is 0 Å². The number of rotatable bonds is 24. The maximum atomic E-state index is 12.4. The molecular formula is C44H96O4Si3Sn. The van der Waals surface area contributed by atoms with E-state index in [9.17, 15) is 5.11 Å². The van der Waals surface area contributed by atoms with Gasteiger partial charge < -0.3 is 0 Å². The third-order valence-corrected chi connectivity index (χ3v) is 41.6. The fraction of sp³-hybridized carbons (Fsp3) is 0.955. The van der Waals surface area contributed by atoms with Crippen molar-refractivity contribution in [2.45, 2.75) is 235 Å². The molecule has 0 saturated heterocycles. The molecule has 0 aromatic carbocycles. The molecule has 52 heavy (non-hydrogen) atoms. The molecule has 1 N–H and O–H groups in total. The van der Waals surface area contributed by atoms with Gasteiger partial charge in [-0.1, -0.05) is 20.8 Å². The van der Waals surface area contributed by atoms with Crippen LogP contribution >= 0.6 is 0 Å². The van der Waals surface area contributed by atoms with Crippen LogP contribution < -0.4 is 0 Å². The second kappa shape index (κ2) is 21.7. The Balaban J connectivity index is 7.07. The maximum absolute atomic E-state index is 12.4. The Kier molecular flexibility index (Phi) is 22.1. The fourth-order valence-corrected chi connectivity index (χ4v) is 25.4. The van der Waals surface area contributed by atoms with Crippen molar-refractivity contribution in [3.05, 3.63) is 10.2 Å². The molecule has 0 aliphatic carbocycles. The molecule has 8 heteroatoms. The van der Waals surface area contributed by atoms with E-state index in [1.165, 1.54) is 51.8 Å². The van der Waals surface area contributed by atoms with Crippen molar-refractivity contribution in [2.75, 3.05) is 6.61 Å². The Morgan fingerprint density at radius 3 is 1.29 bits per heavy atom. The van der Waals surface area contributed by atoms with E-state index in [4.69, 9.17) is 13.3 Å². The molecule has 4 nitrogen and oxygen atoms in total. The molecule has 0 radical (unpaired) electrons. The summed E-state index contributed by atoms with van der Waals surface area (Å²) in [5, 5.41) is 12.7. The molecule has 312 valence electrons. The van der Waals surface area contributed by atoms with E-state index in [0.29, 0.717) is 6.61 Å². The van der Waals surface area contributed by atoms with Crippen molar-refractivity contribution < 1.29 is 18.4 Å². The van der Waals surface area contributed by atoms with E-state index in [-0.39, 0.29) is 51.0 Å². The molecule has 0 fully saturated rings. The summed E-state index contributed by atoms with van der Waals surface area (Å²) in [6.45, 7) is 52.2. The quantitative estimate of drug-likeness (QED) is 0.0981. The molecule has 0 bridgehead atoms. The summed E-state index contributed by atoms with van der Waals surface area (Å²) in [6.07, 6.45) is 9.72. The zero-order valence-electron chi connectivity index (χ0n) is 39.4. The van der Waals surface area contributed by atoms with Crippen molar-refractivity contribution in [2.24, 2.45) is 23.7 Å². The van der Waals surface area contributed by atoms with Crippen molar-refractivity contribution in [3.8, 4) is 0 Å². The van der Waals surface area contributed by atoms with E-state index in [0.717, 1.165) is 0 Å². The summed E-state index contributed by atoms with van der Waals surface area (Å²) in [5.74, 6) is 0.303. The molecule has 0 saturated carbocycles. The number of unbranched alkanes of at least 4 members (excludes halogenated alkanes) is 3. The SMILES string of the molecule is CCC[CH2][Sn](/[CH]=C/[C@H](C)[C@H](O)[C@@H](C)[C@@H](O[Si](C)(C)C(C)(C)C)[C@@H](C)[C@H](O[Si](C)(C)C(C)(C)C)[C@H](C)CO[Si](C)(C)C(C)(C)C)([CH2]CCC)[CH2]CCC. The minimum atomic E-state index is -2.49. The van der Waals surface area contributed by atoms with Gasteiger partial charge in [0, 0.05) is 0 Å². The number of hydrogen-bond donors (Lipinski definition) is 1. The summed E-state index contributed by atoms with van der Waals surface area (Å²) in [6, 6.07) is 0. The van der Waals surface area contributed by atoms with Crippen LogP contribution in [-0.2, 0) is 13.3 Å². The molecule has 7 atom stereocenters. The number of aliphatic hydroxyl groups is 1. The van der Waals surface area contributed by atoms with Gasteiger partial charge in [0.25, 0.3) is 0 Å². The van der Waals surface area contributed by atoms with Crippen molar-refractivity contribution >= 4 is 43.3 Å². The van der Waals surface area contributed by atoms with Gasteiger partial charge in [0.1, 0.15) is 0 Å². The van der Waals surface area contributed by atoms with Gasteiger partial charge in [-0.15, -0.1) is 0 Å². The Morgan fingerprint density at radius 1 is 0.577 bits per heavy atom. The molecule has 0 aliphatic heterocycles. The van der Waals surface area contributed by atoms with Crippen molar-refractivity contribution in [1.29, 1.82) is 0 Å². The van der Waals surface area contributed by atoms with E-state index in [1.807, 2.05) is 0 Å². The molecule has 0 heterocycles.